The van der Waals surface area contributed by atoms with E-state index in [0.29, 0.717) is 32.0 Å². The molecule has 0 radical (unpaired) electrons. The Balaban J connectivity index is 1.56. The minimum Gasteiger partial charge on any atom is -0.465 e. The lowest BCUT2D eigenvalue weighted by Crippen LogP contribution is -2.50. The molecule has 5 rings (SSSR count). The number of nitrogens with one attached hydrogen (secondary N) is 1. The van der Waals surface area contributed by atoms with Crippen molar-refractivity contribution in [3.8, 4) is 0 Å². The summed E-state index contributed by atoms with van der Waals surface area (Å²) in [4.78, 5) is 9.55. The lowest BCUT2D eigenvalue weighted by atomic mass is 9.86. The number of aliphatic hydroxyl groups is 1. The monoisotopic (exact) mass is 488 g/mol. The van der Waals surface area contributed by atoms with E-state index in [9.17, 15) is 5.11 Å². The number of hydrogen-bond acceptors (Lipinski definition) is 7. The van der Waals surface area contributed by atoms with E-state index in [2.05, 4.69) is 49.6 Å². The van der Waals surface area contributed by atoms with E-state index in [1.165, 1.54) is 11.8 Å². The summed E-state index contributed by atoms with van der Waals surface area (Å²) in [6.07, 6.45) is 2.98. The van der Waals surface area contributed by atoms with E-state index in [1.807, 2.05) is 24.3 Å². The maximum atomic E-state index is 11.2. The minimum absolute atomic E-state index is 0.0706. The fraction of sp³-hybridized carbons (Fsp3) is 0.448. The molecule has 1 aromatic carbocycles. The van der Waals surface area contributed by atoms with Gasteiger partial charge in [0.25, 0.3) is 0 Å². The van der Waals surface area contributed by atoms with Gasteiger partial charge in [-0.05, 0) is 43.0 Å². The van der Waals surface area contributed by atoms with Crippen LogP contribution in [0.3, 0.4) is 0 Å². The lowest BCUT2D eigenvalue weighted by Gasteiger charge is -2.44. The van der Waals surface area contributed by atoms with Gasteiger partial charge in [-0.2, -0.15) is 0 Å². The molecule has 0 aliphatic carbocycles. The van der Waals surface area contributed by atoms with E-state index in [4.69, 9.17) is 19.5 Å². The summed E-state index contributed by atoms with van der Waals surface area (Å²) in [7, 11) is 0. The molecular formula is C29H36N4O3. The van der Waals surface area contributed by atoms with Crippen LogP contribution < -0.4 is 4.90 Å². The zero-order valence-corrected chi connectivity index (χ0v) is 21.6. The molecule has 1 fully saturated rings. The zero-order valence-electron chi connectivity index (χ0n) is 21.6. The lowest BCUT2D eigenvalue weighted by molar-refractivity contribution is -0.0472. The third-order valence-electron chi connectivity index (χ3n) is 7.38. The molecule has 0 bridgehead atoms. The zero-order chi connectivity index (χ0) is 25.4. The van der Waals surface area contributed by atoms with Crippen molar-refractivity contribution in [2.24, 2.45) is 0 Å². The average Bonchev–Trinajstić information content (AvgIpc) is 3.42. The summed E-state index contributed by atoms with van der Waals surface area (Å²) in [5.41, 5.74) is 5.10. The molecule has 2 N–H and O–H groups in total. The van der Waals surface area contributed by atoms with Crippen LogP contribution in [0.1, 0.15) is 79.6 Å². The third kappa shape index (κ3) is 4.59. The number of aliphatic hydroxyl groups excluding tert-OH is 1. The van der Waals surface area contributed by atoms with E-state index in [-0.39, 0.29) is 17.6 Å². The first-order valence-electron chi connectivity index (χ1n) is 12.8. The summed E-state index contributed by atoms with van der Waals surface area (Å²) in [5.74, 6) is 1.65. The number of furan rings is 1. The number of piperazine rings is 1. The Morgan fingerprint density at radius 1 is 1.11 bits per heavy atom. The molecule has 0 spiro atoms. The maximum absolute atomic E-state index is 11.2. The molecule has 2 atom stereocenters. The van der Waals surface area contributed by atoms with Crippen molar-refractivity contribution in [1.29, 1.82) is 5.41 Å². The number of anilines is 1. The first-order chi connectivity index (χ1) is 17.3. The van der Waals surface area contributed by atoms with Gasteiger partial charge in [0.05, 0.1) is 30.2 Å². The molecule has 7 nitrogen and oxygen atoms in total. The molecular weight excluding hydrogens is 452 g/mol. The molecule has 36 heavy (non-hydrogen) atoms. The fourth-order valence-corrected chi connectivity index (χ4v) is 5.53. The van der Waals surface area contributed by atoms with Gasteiger partial charge in [0.2, 0.25) is 0 Å². The van der Waals surface area contributed by atoms with Gasteiger partial charge in [0, 0.05) is 43.4 Å². The largest absolute Gasteiger partial charge is 0.465 e. The number of ether oxygens (including phenoxy) is 1. The second kappa shape index (κ2) is 9.81. The second-order valence-corrected chi connectivity index (χ2v) is 10.7. The number of rotatable bonds is 6. The SMILES string of the molecule is CC(C)c1nc(N2CCN(C(O)c3ccco3)[C@H](c3ccccc3)C2)c(C=N)c2c1COC(C)(C)C2. The number of pyridine rings is 1. The number of benzene rings is 1. The third-order valence-corrected chi connectivity index (χ3v) is 7.38. The van der Waals surface area contributed by atoms with Gasteiger partial charge in [-0.25, -0.2) is 4.98 Å². The van der Waals surface area contributed by atoms with Crippen molar-refractivity contribution in [3.63, 3.8) is 0 Å². The molecule has 2 aliphatic heterocycles. The smallest absolute Gasteiger partial charge is 0.167 e. The highest BCUT2D eigenvalue weighted by molar-refractivity contribution is 5.88. The van der Waals surface area contributed by atoms with Gasteiger partial charge in [-0.15, -0.1) is 0 Å². The summed E-state index contributed by atoms with van der Waals surface area (Å²) in [5, 5.41) is 19.6. The van der Waals surface area contributed by atoms with Gasteiger partial charge >= 0.3 is 0 Å². The van der Waals surface area contributed by atoms with Crippen LogP contribution in [0.25, 0.3) is 0 Å². The Kier molecular flexibility index (Phi) is 6.72. The van der Waals surface area contributed by atoms with E-state index < -0.39 is 6.23 Å². The minimum atomic E-state index is -0.838. The van der Waals surface area contributed by atoms with E-state index in [1.54, 1.807) is 12.3 Å². The van der Waals surface area contributed by atoms with Crippen molar-refractivity contribution in [3.05, 3.63) is 82.4 Å². The summed E-state index contributed by atoms with van der Waals surface area (Å²) in [6, 6.07) is 13.8. The van der Waals surface area contributed by atoms with Crippen molar-refractivity contribution in [2.45, 2.75) is 64.5 Å². The molecule has 0 saturated carbocycles. The fourth-order valence-electron chi connectivity index (χ4n) is 5.53. The molecule has 1 saturated heterocycles. The van der Waals surface area contributed by atoms with Crippen molar-refractivity contribution in [1.82, 2.24) is 9.88 Å². The van der Waals surface area contributed by atoms with Crippen LogP contribution in [0, 0.1) is 5.41 Å². The Labute approximate surface area is 213 Å². The molecule has 1 unspecified atom stereocenters. The quantitative estimate of drug-likeness (QED) is 0.464. The van der Waals surface area contributed by atoms with Gasteiger partial charge < -0.3 is 24.6 Å². The van der Waals surface area contributed by atoms with Gasteiger partial charge in [0.15, 0.2) is 6.23 Å². The molecule has 3 aromatic rings. The standard InChI is InChI=1S/C29H36N4O3/c1-19(2)26-23-18-36-29(3,4)15-21(23)22(16-30)27(31-26)32-12-13-33(28(34)25-11-8-14-35-25)24(17-32)20-9-6-5-7-10-20/h5-11,14,16,19,24,28,30,34H,12-13,15,17-18H2,1-4H3/t24-,28?/m0/s1. The predicted octanol–water partition coefficient (Wildman–Crippen LogP) is 5.20. The molecule has 2 aromatic heterocycles. The highest BCUT2D eigenvalue weighted by Gasteiger charge is 2.37. The highest BCUT2D eigenvalue weighted by Crippen LogP contribution is 2.39. The Bertz CT molecular complexity index is 1210. The Morgan fingerprint density at radius 2 is 1.89 bits per heavy atom. The normalized spacial score (nSPS) is 20.8. The van der Waals surface area contributed by atoms with E-state index in [0.717, 1.165) is 34.6 Å². The number of hydrogen-bond donors (Lipinski definition) is 2. The first-order valence-corrected chi connectivity index (χ1v) is 12.8. The molecule has 7 heteroatoms. The average molecular weight is 489 g/mol. The van der Waals surface area contributed by atoms with Crippen LogP contribution in [-0.2, 0) is 17.8 Å². The number of fused-ring (bicyclic) bond motifs is 1. The van der Waals surface area contributed by atoms with Crippen LogP contribution in [-0.4, -0.2) is 46.4 Å². The first kappa shape index (κ1) is 24.7. The highest BCUT2D eigenvalue weighted by atomic mass is 16.5. The topological polar surface area (TPSA) is 85.8 Å². The van der Waals surface area contributed by atoms with Crippen LogP contribution in [0.4, 0.5) is 5.82 Å². The van der Waals surface area contributed by atoms with Crippen molar-refractivity contribution in [2.75, 3.05) is 24.5 Å². The molecule has 4 heterocycles. The Hall–Kier alpha value is -3.00. The number of nitrogens with zero attached hydrogens (tertiary/aromatic N) is 3. The molecule has 0 amide bonds. The van der Waals surface area contributed by atoms with Crippen molar-refractivity contribution >= 4 is 12.0 Å². The maximum Gasteiger partial charge on any atom is 0.167 e. The predicted molar refractivity (Wildman–Crippen MR) is 141 cm³/mol. The van der Waals surface area contributed by atoms with Gasteiger partial charge in [-0.3, -0.25) is 4.90 Å². The van der Waals surface area contributed by atoms with Crippen LogP contribution in [0.2, 0.25) is 0 Å². The Morgan fingerprint density at radius 3 is 2.56 bits per heavy atom. The van der Waals surface area contributed by atoms with Crippen LogP contribution >= 0.6 is 0 Å². The summed E-state index contributed by atoms with van der Waals surface area (Å²) in [6.45, 7) is 11.0. The second-order valence-electron chi connectivity index (χ2n) is 10.7. The van der Waals surface area contributed by atoms with Gasteiger partial charge in [-0.1, -0.05) is 44.2 Å². The van der Waals surface area contributed by atoms with Crippen LogP contribution in [0.15, 0.2) is 53.1 Å². The van der Waals surface area contributed by atoms with Crippen LogP contribution in [0.5, 0.6) is 0 Å². The number of aromatic nitrogens is 1. The molecule has 2 aliphatic rings. The summed E-state index contributed by atoms with van der Waals surface area (Å²) < 4.78 is 11.7. The van der Waals surface area contributed by atoms with Gasteiger partial charge in [0.1, 0.15) is 11.6 Å². The van der Waals surface area contributed by atoms with Crippen molar-refractivity contribution < 1.29 is 14.3 Å². The van der Waals surface area contributed by atoms with E-state index >= 15 is 0 Å². The summed E-state index contributed by atoms with van der Waals surface area (Å²) >= 11 is 0. The molecule has 190 valence electrons.